The second-order valence-corrected chi connectivity index (χ2v) is 3.18. The standard InChI is InChI=1S/C7H8FN.C4H10N2.CH5N/c8-7-3-1-6(5-9)2-4-7;1-4(2)6(3)5;1-2/h1-4H,5,9H2;1,5H2,2-3H3;2H2,1H3. The second-order valence-electron chi connectivity index (χ2n) is 3.18. The van der Waals surface area contributed by atoms with Gasteiger partial charge in [0.2, 0.25) is 0 Å². The first-order valence-electron chi connectivity index (χ1n) is 5.13. The molecule has 0 radical (unpaired) electrons. The molecule has 1 aromatic carbocycles. The summed E-state index contributed by atoms with van der Waals surface area (Å²) in [6, 6.07) is 6.16. The molecule has 4 nitrogen and oxygen atoms in total. The van der Waals surface area contributed by atoms with Crippen LogP contribution in [0.4, 0.5) is 4.39 Å². The van der Waals surface area contributed by atoms with Crippen molar-refractivity contribution >= 4 is 0 Å². The summed E-state index contributed by atoms with van der Waals surface area (Å²) in [4.78, 5) is 0. The number of halogens is 1. The average molecular weight is 242 g/mol. The van der Waals surface area contributed by atoms with Gasteiger partial charge in [-0.1, -0.05) is 18.7 Å². The minimum atomic E-state index is -0.216. The van der Waals surface area contributed by atoms with E-state index in [4.69, 9.17) is 11.6 Å². The smallest absolute Gasteiger partial charge is 0.123 e. The maximum atomic E-state index is 12.2. The van der Waals surface area contributed by atoms with E-state index in [1.54, 1.807) is 19.2 Å². The monoisotopic (exact) mass is 242 g/mol. The van der Waals surface area contributed by atoms with E-state index in [1.807, 2.05) is 6.92 Å². The van der Waals surface area contributed by atoms with Crippen molar-refractivity contribution in [3.63, 3.8) is 0 Å². The zero-order valence-corrected chi connectivity index (χ0v) is 10.8. The molecule has 1 aromatic rings. The molecule has 0 heterocycles. The fraction of sp³-hybridized carbons (Fsp3) is 0.333. The molecule has 0 aromatic heterocycles. The second kappa shape index (κ2) is 11.1. The molecule has 0 aliphatic rings. The number of hydrogen-bond donors (Lipinski definition) is 3. The fourth-order valence-electron chi connectivity index (χ4n) is 0.620. The lowest BCUT2D eigenvalue weighted by Gasteiger charge is -2.08. The van der Waals surface area contributed by atoms with Gasteiger partial charge in [-0.25, -0.2) is 10.2 Å². The van der Waals surface area contributed by atoms with Gasteiger partial charge in [-0.3, -0.25) is 0 Å². The van der Waals surface area contributed by atoms with Gasteiger partial charge in [-0.05, 0) is 31.7 Å². The summed E-state index contributed by atoms with van der Waals surface area (Å²) >= 11 is 0. The zero-order valence-electron chi connectivity index (χ0n) is 10.8. The normalized spacial score (nSPS) is 8.18. The molecular weight excluding hydrogens is 219 g/mol. The van der Waals surface area contributed by atoms with Crippen LogP contribution in [0.15, 0.2) is 36.5 Å². The first-order valence-corrected chi connectivity index (χ1v) is 5.13. The van der Waals surface area contributed by atoms with Gasteiger partial charge in [0.05, 0.1) is 0 Å². The quantitative estimate of drug-likeness (QED) is 0.537. The molecule has 0 atom stereocenters. The van der Waals surface area contributed by atoms with E-state index in [9.17, 15) is 4.39 Å². The van der Waals surface area contributed by atoms with Crippen LogP contribution in [0, 0.1) is 5.82 Å². The van der Waals surface area contributed by atoms with Crippen molar-refractivity contribution < 1.29 is 4.39 Å². The highest BCUT2D eigenvalue weighted by atomic mass is 19.1. The van der Waals surface area contributed by atoms with Crippen molar-refractivity contribution in [1.82, 2.24) is 5.01 Å². The Hall–Kier alpha value is -1.43. The van der Waals surface area contributed by atoms with Crippen LogP contribution in [0.25, 0.3) is 0 Å². The number of nitrogens with two attached hydrogens (primary N) is 3. The van der Waals surface area contributed by atoms with Crippen molar-refractivity contribution in [2.45, 2.75) is 13.5 Å². The molecule has 0 saturated carbocycles. The predicted octanol–water partition coefficient (Wildman–Crippen LogP) is 1.18. The van der Waals surface area contributed by atoms with Gasteiger partial charge < -0.3 is 16.5 Å². The molecule has 98 valence electrons. The Kier molecular flexibility index (Phi) is 11.7. The third-order valence-electron chi connectivity index (χ3n) is 1.75. The number of nitrogens with zero attached hydrogens (tertiary/aromatic N) is 1. The summed E-state index contributed by atoms with van der Waals surface area (Å²) in [6.45, 7) is 5.88. The lowest BCUT2D eigenvalue weighted by Crippen LogP contribution is -2.22. The minimum absolute atomic E-state index is 0.216. The molecule has 5 heteroatoms. The minimum Gasteiger partial charge on any atom is -0.333 e. The molecule has 0 saturated heterocycles. The van der Waals surface area contributed by atoms with Crippen LogP contribution in [-0.4, -0.2) is 19.1 Å². The van der Waals surface area contributed by atoms with Crippen LogP contribution in [-0.2, 0) is 6.54 Å². The number of benzene rings is 1. The zero-order chi connectivity index (χ0) is 13.8. The summed E-state index contributed by atoms with van der Waals surface area (Å²) < 4.78 is 12.2. The molecule has 0 aliphatic heterocycles. The highest BCUT2D eigenvalue weighted by Gasteiger charge is 1.87. The Labute approximate surface area is 103 Å². The third-order valence-corrected chi connectivity index (χ3v) is 1.75. The largest absolute Gasteiger partial charge is 0.333 e. The summed E-state index contributed by atoms with van der Waals surface area (Å²) in [6.07, 6.45) is 0. The SMILES string of the molecule is C=C(C)N(C)N.CN.NCc1ccc(F)cc1. The van der Waals surface area contributed by atoms with Crippen molar-refractivity contribution in [3.8, 4) is 0 Å². The molecular formula is C12H23FN4. The van der Waals surface area contributed by atoms with Crippen LogP contribution in [0.3, 0.4) is 0 Å². The molecule has 0 amide bonds. The topological polar surface area (TPSA) is 81.3 Å². The van der Waals surface area contributed by atoms with Crippen LogP contribution in [0.2, 0.25) is 0 Å². The van der Waals surface area contributed by atoms with Crippen LogP contribution in [0.1, 0.15) is 12.5 Å². The highest BCUT2D eigenvalue weighted by molar-refractivity contribution is 5.15. The van der Waals surface area contributed by atoms with Gasteiger partial charge in [0, 0.05) is 19.3 Å². The average Bonchev–Trinajstić information content (AvgIpc) is 2.33. The molecule has 0 aliphatic carbocycles. The molecule has 6 N–H and O–H groups in total. The number of rotatable bonds is 2. The van der Waals surface area contributed by atoms with E-state index in [0.717, 1.165) is 11.3 Å². The van der Waals surface area contributed by atoms with E-state index in [0.29, 0.717) is 6.54 Å². The molecule has 17 heavy (non-hydrogen) atoms. The van der Waals surface area contributed by atoms with Gasteiger partial charge in [-0.2, -0.15) is 0 Å². The Balaban J connectivity index is 0. The Morgan fingerprint density at radius 3 is 1.88 bits per heavy atom. The van der Waals surface area contributed by atoms with Crippen molar-refractivity contribution in [2.75, 3.05) is 14.1 Å². The van der Waals surface area contributed by atoms with E-state index >= 15 is 0 Å². The van der Waals surface area contributed by atoms with Crippen molar-refractivity contribution in [1.29, 1.82) is 0 Å². The van der Waals surface area contributed by atoms with Gasteiger partial charge >= 0.3 is 0 Å². The number of hydrazine groups is 1. The van der Waals surface area contributed by atoms with Crippen molar-refractivity contribution in [2.24, 2.45) is 17.3 Å². The number of hydrogen-bond acceptors (Lipinski definition) is 4. The van der Waals surface area contributed by atoms with Gasteiger partial charge in [0.1, 0.15) is 5.82 Å². The van der Waals surface area contributed by atoms with E-state index in [1.165, 1.54) is 24.2 Å². The van der Waals surface area contributed by atoms with Gasteiger partial charge in [0.25, 0.3) is 0 Å². The maximum absolute atomic E-state index is 12.2. The van der Waals surface area contributed by atoms with Gasteiger partial charge in [0.15, 0.2) is 0 Å². The lowest BCUT2D eigenvalue weighted by molar-refractivity contribution is 0.444. The summed E-state index contributed by atoms with van der Waals surface area (Å²) in [7, 11) is 3.25. The lowest BCUT2D eigenvalue weighted by atomic mass is 10.2. The Morgan fingerprint density at radius 1 is 1.29 bits per heavy atom. The predicted molar refractivity (Wildman–Crippen MR) is 71.2 cm³/mol. The highest BCUT2D eigenvalue weighted by Crippen LogP contribution is 2.00. The van der Waals surface area contributed by atoms with E-state index in [2.05, 4.69) is 12.3 Å². The maximum Gasteiger partial charge on any atom is 0.123 e. The van der Waals surface area contributed by atoms with Gasteiger partial charge in [-0.15, -0.1) is 0 Å². The van der Waals surface area contributed by atoms with Crippen LogP contribution >= 0.6 is 0 Å². The summed E-state index contributed by atoms with van der Waals surface area (Å²) in [5, 5.41) is 1.47. The molecule has 1 rings (SSSR count). The molecule has 0 bridgehead atoms. The molecule has 0 spiro atoms. The number of allylic oxidation sites excluding steroid dienone is 1. The van der Waals surface area contributed by atoms with E-state index in [-0.39, 0.29) is 5.82 Å². The molecule has 0 unspecified atom stereocenters. The van der Waals surface area contributed by atoms with Crippen LogP contribution in [0.5, 0.6) is 0 Å². The van der Waals surface area contributed by atoms with E-state index < -0.39 is 0 Å². The Morgan fingerprint density at radius 2 is 1.65 bits per heavy atom. The fourth-order valence-corrected chi connectivity index (χ4v) is 0.620. The third kappa shape index (κ3) is 10.8. The van der Waals surface area contributed by atoms with Crippen molar-refractivity contribution in [3.05, 3.63) is 47.9 Å². The van der Waals surface area contributed by atoms with Crippen LogP contribution < -0.4 is 17.3 Å². The first kappa shape index (κ1) is 17.9. The summed E-state index contributed by atoms with van der Waals surface area (Å²) in [5.41, 5.74) is 11.6. The molecule has 0 fully saturated rings. The summed E-state index contributed by atoms with van der Waals surface area (Å²) in [5.74, 6) is 4.95. The first-order chi connectivity index (χ1) is 7.97. The Bertz CT molecular complexity index is 296.